The van der Waals surface area contributed by atoms with Crippen molar-refractivity contribution in [3.63, 3.8) is 0 Å². The van der Waals surface area contributed by atoms with Crippen LogP contribution < -0.4 is 10.1 Å². The number of carbonyl (C=O) groups is 2. The molecule has 4 rings (SSSR count). The van der Waals surface area contributed by atoms with Gasteiger partial charge in [0.1, 0.15) is 23.8 Å². The molecule has 5 nitrogen and oxygen atoms in total. The average Bonchev–Trinajstić information content (AvgIpc) is 3.38. The fraction of sp³-hybridized carbons (Fsp3) is 0.400. The Morgan fingerprint density at radius 2 is 2.19 bits per heavy atom. The Balaban J connectivity index is 1.49. The number of hydrogen-bond acceptors (Lipinski definition) is 5. The largest absolute Gasteiger partial charge is 0.487 e. The number of benzene rings is 1. The summed E-state index contributed by atoms with van der Waals surface area (Å²) in [5, 5.41) is 2.87. The number of nitrogens with one attached hydrogen (secondary N) is 1. The van der Waals surface area contributed by atoms with Crippen LogP contribution in [0.2, 0.25) is 0 Å². The number of halogens is 1. The Bertz CT molecular complexity index is 888. The lowest BCUT2D eigenvalue weighted by molar-refractivity contribution is -0.130. The molecular weight excluding hydrogens is 369 g/mol. The first-order chi connectivity index (χ1) is 13.0. The van der Waals surface area contributed by atoms with Gasteiger partial charge in [0.25, 0.3) is 0 Å². The highest BCUT2D eigenvalue weighted by Gasteiger charge is 2.29. The van der Waals surface area contributed by atoms with Gasteiger partial charge in [0.05, 0.1) is 11.4 Å². The summed E-state index contributed by atoms with van der Waals surface area (Å²) in [6.07, 6.45) is 1.53. The number of rotatable bonds is 5. The summed E-state index contributed by atoms with van der Waals surface area (Å²) < 4.78 is 25.5. The van der Waals surface area contributed by atoms with Crippen molar-refractivity contribution in [2.24, 2.45) is 0 Å². The van der Waals surface area contributed by atoms with Crippen LogP contribution in [0.25, 0.3) is 10.4 Å². The third-order valence-electron chi connectivity index (χ3n) is 4.81. The number of amides is 1. The molecule has 0 aliphatic carbocycles. The molecule has 2 aromatic rings. The first kappa shape index (κ1) is 18.1. The van der Waals surface area contributed by atoms with Crippen LogP contribution in [-0.2, 0) is 16.0 Å². The molecule has 2 unspecified atom stereocenters. The number of Topliss-reactive ketones (excluding diaryl/α,β-unsaturated/α-hetero) is 1. The van der Waals surface area contributed by atoms with Gasteiger partial charge in [0, 0.05) is 29.0 Å². The molecular formula is C20H20FNO4S. The second kappa shape index (κ2) is 7.40. The van der Waals surface area contributed by atoms with Gasteiger partial charge in [0.2, 0.25) is 5.91 Å². The number of carbonyl (C=O) groups excluding carboxylic acids is 2. The Hall–Kier alpha value is -2.25. The molecule has 3 heterocycles. The van der Waals surface area contributed by atoms with Gasteiger partial charge in [0.15, 0.2) is 5.78 Å². The van der Waals surface area contributed by atoms with E-state index in [9.17, 15) is 14.0 Å². The first-order valence-corrected chi connectivity index (χ1v) is 9.82. The van der Waals surface area contributed by atoms with Gasteiger partial charge in [-0.25, -0.2) is 4.39 Å². The third-order valence-corrected chi connectivity index (χ3v) is 6.03. The van der Waals surface area contributed by atoms with Crippen LogP contribution in [0.5, 0.6) is 5.75 Å². The molecule has 1 saturated heterocycles. The van der Waals surface area contributed by atoms with Crippen LogP contribution >= 0.6 is 11.3 Å². The van der Waals surface area contributed by atoms with Gasteiger partial charge in [-0.2, -0.15) is 0 Å². The highest BCUT2D eigenvalue weighted by atomic mass is 32.1. The summed E-state index contributed by atoms with van der Waals surface area (Å²) in [4.78, 5) is 25.1. The number of ketones is 1. The molecule has 27 heavy (non-hydrogen) atoms. The second-order valence-corrected chi connectivity index (χ2v) is 7.94. The number of thiophene rings is 1. The van der Waals surface area contributed by atoms with E-state index in [2.05, 4.69) is 5.32 Å². The Kier molecular flexibility index (Phi) is 4.97. The summed E-state index contributed by atoms with van der Waals surface area (Å²) in [7, 11) is 0. The van der Waals surface area contributed by atoms with Crippen LogP contribution in [0.4, 0.5) is 4.39 Å². The molecule has 1 fully saturated rings. The molecule has 0 bridgehead atoms. The summed E-state index contributed by atoms with van der Waals surface area (Å²) in [5.74, 6) is 0.150. The van der Waals surface area contributed by atoms with Gasteiger partial charge in [-0.05, 0) is 44.0 Å². The van der Waals surface area contributed by atoms with Gasteiger partial charge in [-0.1, -0.05) is 0 Å². The molecule has 2 aliphatic rings. The van der Waals surface area contributed by atoms with Crippen LogP contribution in [-0.4, -0.2) is 37.0 Å². The van der Waals surface area contributed by atoms with E-state index >= 15 is 0 Å². The lowest BCUT2D eigenvalue weighted by Crippen LogP contribution is -2.40. The van der Waals surface area contributed by atoms with Crippen LogP contribution in [0, 0.1) is 5.82 Å². The normalized spacial score (nSPS) is 21.0. The molecule has 2 atom stereocenters. The monoisotopic (exact) mass is 389 g/mol. The lowest BCUT2D eigenvalue weighted by Gasteiger charge is -2.15. The Morgan fingerprint density at radius 1 is 1.33 bits per heavy atom. The molecule has 142 valence electrons. The van der Waals surface area contributed by atoms with Crippen molar-refractivity contribution >= 4 is 23.0 Å². The van der Waals surface area contributed by atoms with E-state index in [0.29, 0.717) is 35.8 Å². The zero-order chi connectivity index (χ0) is 19.0. The van der Waals surface area contributed by atoms with Gasteiger partial charge in [-0.3, -0.25) is 9.59 Å². The molecule has 1 aromatic carbocycles. The molecule has 1 amide bonds. The maximum absolute atomic E-state index is 14.1. The Labute approximate surface area is 160 Å². The van der Waals surface area contributed by atoms with Crippen molar-refractivity contribution < 1.29 is 23.5 Å². The maximum Gasteiger partial charge on any atom is 0.249 e. The highest BCUT2D eigenvalue weighted by Crippen LogP contribution is 2.42. The van der Waals surface area contributed by atoms with Crippen molar-refractivity contribution in [3.8, 4) is 16.2 Å². The van der Waals surface area contributed by atoms with Gasteiger partial charge < -0.3 is 14.8 Å². The summed E-state index contributed by atoms with van der Waals surface area (Å²) >= 11 is 1.32. The van der Waals surface area contributed by atoms with E-state index in [-0.39, 0.29) is 29.7 Å². The molecule has 7 heteroatoms. The minimum atomic E-state index is -0.377. The van der Waals surface area contributed by atoms with Crippen molar-refractivity contribution in [2.45, 2.75) is 38.4 Å². The standard InChI is InChI=1S/C20H20FNO4S/c1-11(23)17-4-5-18(27-17)15-9-13(21)7-12-8-14(26-19(12)15)10-22-20(24)16-3-2-6-25-16/h4-5,7,9,14,16H,2-3,6,8,10H2,1H3,(H,22,24). The van der Waals surface area contributed by atoms with Crippen LogP contribution in [0.1, 0.15) is 35.0 Å². The minimum Gasteiger partial charge on any atom is -0.487 e. The molecule has 1 aromatic heterocycles. The number of hydrogen-bond donors (Lipinski definition) is 1. The fourth-order valence-electron chi connectivity index (χ4n) is 3.48. The highest BCUT2D eigenvalue weighted by molar-refractivity contribution is 7.17. The molecule has 0 spiro atoms. The van der Waals surface area contributed by atoms with Gasteiger partial charge in [-0.15, -0.1) is 11.3 Å². The Morgan fingerprint density at radius 3 is 2.89 bits per heavy atom. The van der Waals surface area contributed by atoms with E-state index < -0.39 is 0 Å². The number of ether oxygens (including phenoxy) is 2. The zero-order valence-corrected chi connectivity index (χ0v) is 15.7. The first-order valence-electron chi connectivity index (χ1n) is 9.01. The smallest absolute Gasteiger partial charge is 0.249 e. The summed E-state index contributed by atoms with van der Waals surface area (Å²) in [5.41, 5.74) is 1.43. The van der Waals surface area contributed by atoms with E-state index in [0.717, 1.165) is 23.3 Å². The van der Waals surface area contributed by atoms with Crippen molar-refractivity contribution in [1.82, 2.24) is 5.32 Å². The zero-order valence-electron chi connectivity index (χ0n) is 14.9. The minimum absolute atomic E-state index is 0.0186. The molecule has 2 aliphatic heterocycles. The van der Waals surface area contributed by atoms with E-state index in [1.807, 2.05) is 6.07 Å². The third kappa shape index (κ3) is 3.75. The molecule has 0 saturated carbocycles. The fourth-order valence-corrected chi connectivity index (χ4v) is 4.39. The quantitative estimate of drug-likeness (QED) is 0.797. The van der Waals surface area contributed by atoms with Crippen molar-refractivity contribution in [2.75, 3.05) is 13.2 Å². The predicted molar refractivity (Wildman–Crippen MR) is 99.8 cm³/mol. The van der Waals surface area contributed by atoms with Crippen molar-refractivity contribution in [1.29, 1.82) is 0 Å². The van der Waals surface area contributed by atoms with E-state index in [1.54, 1.807) is 6.07 Å². The van der Waals surface area contributed by atoms with Gasteiger partial charge >= 0.3 is 0 Å². The van der Waals surface area contributed by atoms with E-state index in [4.69, 9.17) is 9.47 Å². The van der Waals surface area contributed by atoms with E-state index in [1.165, 1.54) is 30.4 Å². The SMILES string of the molecule is CC(=O)c1ccc(-c2cc(F)cc3c2OC(CNC(=O)C2CCCO2)C3)s1. The molecule has 1 N–H and O–H groups in total. The van der Waals surface area contributed by atoms with Crippen LogP contribution in [0.3, 0.4) is 0 Å². The second-order valence-electron chi connectivity index (χ2n) is 6.85. The lowest BCUT2D eigenvalue weighted by atomic mass is 10.0. The van der Waals surface area contributed by atoms with Crippen LogP contribution in [0.15, 0.2) is 24.3 Å². The number of fused-ring (bicyclic) bond motifs is 1. The predicted octanol–water partition coefficient (Wildman–Crippen LogP) is 3.36. The summed E-state index contributed by atoms with van der Waals surface area (Å²) in [6, 6.07) is 6.46. The summed E-state index contributed by atoms with van der Waals surface area (Å²) in [6.45, 7) is 2.47. The average molecular weight is 389 g/mol. The topological polar surface area (TPSA) is 64.6 Å². The van der Waals surface area contributed by atoms with Crippen molar-refractivity contribution in [3.05, 3.63) is 40.5 Å². The maximum atomic E-state index is 14.1. The molecule has 0 radical (unpaired) electrons.